The molecule has 4 heteroatoms. The number of nitrogens with zero attached hydrogens (tertiary/aromatic N) is 2. The summed E-state index contributed by atoms with van der Waals surface area (Å²) in [5, 5.41) is 0. The van der Waals surface area contributed by atoms with Crippen LogP contribution in [0.5, 0.6) is 5.75 Å². The summed E-state index contributed by atoms with van der Waals surface area (Å²) in [6, 6.07) is 37.3. The third kappa shape index (κ3) is 3.94. The molecule has 0 N–H and O–H groups in total. The van der Waals surface area contributed by atoms with E-state index in [1.807, 2.05) is 115 Å². The number of ether oxygens (including phenoxy) is 1. The third-order valence-electron chi connectivity index (χ3n) is 5.57. The van der Waals surface area contributed by atoms with Crippen LogP contribution in [-0.2, 0) is 0 Å². The first-order valence-electron chi connectivity index (χ1n) is 10.7. The molecule has 5 aromatic rings. The molecule has 0 aliphatic rings. The molecule has 4 aromatic carbocycles. The van der Waals surface area contributed by atoms with Gasteiger partial charge in [-0.3, -0.25) is 9.36 Å². The van der Waals surface area contributed by atoms with E-state index in [0.29, 0.717) is 11.4 Å². The summed E-state index contributed by atoms with van der Waals surface area (Å²) >= 11 is 0. The zero-order valence-electron chi connectivity index (χ0n) is 18.2. The molecule has 0 unspecified atom stereocenters. The Morgan fingerprint density at radius 1 is 0.636 bits per heavy atom. The highest BCUT2D eigenvalue weighted by atomic mass is 16.5. The molecule has 0 spiro atoms. The van der Waals surface area contributed by atoms with E-state index in [4.69, 9.17) is 4.74 Å². The van der Waals surface area contributed by atoms with Crippen LogP contribution in [0.25, 0.3) is 39.5 Å². The Morgan fingerprint density at radius 2 is 1.15 bits per heavy atom. The first kappa shape index (κ1) is 20.5. The first-order chi connectivity index (χ1) is 16.3. The van der Waals surface area contributed by atoms with E-state index < -0.39 is 0 Å². The molecule has 0 saturated heterocycles. The Morgan fingerprint density at radius 3 is 1.70 bits per heavy atom. The molecule has 0 aliphatic carbocycles. The lowest BCUT2D eigenvalue weighted by Gasteiger charge is -2.22. The second-order valence-corrected chi connectivity index (χ2v) is 7.60. The van der Waals surface area contributed by atoms with Gasteiger partial charge in [0, 0.05) is 11.3 Å². The Kier molecular flexibility index (Phi) is 5.56. The SMILES string of the molecule is COc1ccc(-n2c(-c3ccccc3)nc(=O)c(-c3ccccc3)c2-c2ccccc2)cc1. The lowest BCUT2D eigenvalue weighted by atomic mass is 9.99. The maximum Gasteiger partial charge on any atom is 0.281 e. The average molecular weight is 431 g/mol. The summed E-state index contributed by atoms with van der Waals surface area (Å²) in [5.41, 5.74) is 4.62. The van der Waals surface area contributed by atoms with Crippen LogP contribution in [0.2, 0.25) is 0 Å². The normalized spacial score (nSPS) is 10.7. The standard InChI is InChI=1S/C29H22N2O2/c1-33-25-19-17-24(18-20-25)31-27(22-13-7-3-8-14-22)26(21-11-5-2-6-12-21)29(32)30-28(31)23-15-9-4-10-16-23/h2-20H,1H3. The minimum absolute atomic E-state index is 0.260. The van der Waals surface area contributed by atoms with Gasteiger partial charge in [0.05, 0.1) is 18.4 Å². The summed E-state index contributed by atoms with van der Waals surface area (Å²) in [6.07, 6.45) is 0. The van der Waals surface area contributed by atoms with Crippen molar-refractivity contribution < 1.29 is 4.74 Å². The number of methoxy groups -OCH3 is 1. The second-order valence-electron chi connectivity index (χ2n) is 7.60. The van der Waals surface area contributed by atoms with Crippen molar-refractivity contribution in [2.45, 2.75) is 0 Å². The van der Waals surface area contributed by atoms with Crippen LogP contribution < -0.4 is 10.3 Å². The van der Waals surface area contributed by atoms with Crippen LogP contribution in [0.15, 0.2) is 120 Å². The molecule has 0 saturated carbocycles. The van der Waals surface area contributed by atoms with E-state index >= 15 is 0 Å². The Bertz CT molecular complexity index is 1430. The fraction of sp³-hybridized carbons (Fsp3) is 0.0345. The Labute approximate surface area is 192 Å². The molecule has 0 fully saturated rings. The summed E-state index contributed by atoms with van der Waals surface area (Å²) in [5.74, 6) is 1.35. The zero-order valence-corrected chi connectivity index (χ0v) is 18.2. The highest BCUT2D eigenvalue weighted by Crippen LogP contribution is 2.35. The summed E-state index contributed by atoms with van der Waals surface area (Å²) < 4.78 is 7.44. The van der Waals surface area contributed by atoms with Crippen molar-refractivity contribution in [2.75, 3.05) is 7.11 Å². The van der Waals surface area contributed by atoms with Gasteiger partial charge >= 0.3 is 0 Å². The van der Waals surface area contributed by atoms with Gasteiger partial charge < -0.3 is 4.74 Å². The quantitative estimate of drug-likeness (QED) is 0.331. The van der Waals surface area contributed by atoms with Gasteiger partial charge in [0.1, 0.15) is 11.6 Å². The fourth-order valence-electron chi connectivity index (χ4n) is 4.02. The molecule has 160 valence electrons. The Balaban J connectivity index is 1.94. The van der Waals surface area contributed by atoms with E-state index in [1.165, 1.54) is 0 Å². The van der Waals surface area contributed by atoms with Crippen molar-refractivity contribution in [3.8, 4) is 45.2 Å². The molecule has 0 aliphatic heterocycles. The fourth-order valence-corrected chi connectivity index (χ4v) is 4.02. The number of aromatic nitrogens is 2. The lowest BCUT2D eigenvalue weighted by Crippen LogP contribution is -2.19. The largest absolute Gasteiger partial charge is 0.497 e. The van der Waals surface area contributed by atoms with E-state index in [-0.39, 0.29) is 5.56 Å². The van der Waals surface area contributed by atoms with Crippen LogP contribution in [0.4, 0.5) is 0 Å². The molecule has 0 atom stereocenters. The van der Waals surface area contributed by atoms with Gasteiger partial charge in [-0.1, -0.05) is 91.0 Å². The van der Waals surface area contributed by atoms with Gasteiger partial charge in [-0.15, -0.1) is 0 Å². The lowest BCUT2D eigenvalue weighted by molar-refractivity contribution is 0.415. The summed E-state index contributed by atoms with van der Waals surface area (Å²) in [7, 11) is 1.65. The van der Waals surface area contributed by atoms with Crippen molar-refractivity contribution in [3.05, 3.63) is 126 Å². The van der Waals surface area contributed by atoms with Gasteiger partial charge in [0.2, 0.25) is 0 Å². The van der Waals surface area contributed by atoms with Crippen LogP contribution in [-0.4, -0.2) is 16.7 Å². The van der Waals surface area contributed by atoms with Crippen LogP contribution in [0, 0.1) is 0 Å². The molecule has 0 amide bonds. The Hall–Kier alpha value is -4.44. The van der Waals surface area contributed by atoms with Crippen molar-refractivity contribution >= 4 is 0 Å². The highest BCUT2D eigenvalue weighted by molar-refractivity contribution is 5.83. The number of hydrogen-bond acceptors (Lipinski definition) is 3. The molecule has 0 bridgehead atoms. The molecule has 1 aromatic heterocycles. The van der Waals surface area contributed by atoms with Crippen LogP contribution >= 0.6 is 0 Å². The van der Waals surface area contributed by atoms with Crippen LogP contribution in [0.1, 0.15) is 0 Å². The topological polar surface area (TPSA) is 44.1 Å². The molecule has 5 rings (SSSR count). The van der Waals surface area contributed by atoms with Gasteiger partial charge in [0.25, 0.3) is 5.56 Å². The molecule has 33 heavy (non-hydrogen) atoms. The summed E-state index contributed by atoms with van der Waals surface area (Å²) in [4.78, 5) is 18.1. The molecule has 0 radical (unpaired) electrons. The predicted octanol–water partition coefficient (Wildman–Crippen LogP) is 6.24. The van der Waals surface area contributed by atoms with Gasteiger partial charge in [-0.25, -0.2) is 0 Å². The van der Waals surface area contributed by atoms with Gasteiger partial charge in [0.15, 0.2) is 0 Å². The maximum atomic E-state index is 13.5. The van der Waals surface area contributed by atoms with Crippen molar-refractivity contribution in [1.82, 2.24) is 9.55 Å². The van der Waals surface area contributed by atoms with Gasteiger partial charge in [-0.2, -0.15) is 4.98 Å². The molecular formula is C29H22N2O2. The van der Waals surface area contributed by atoms with Gasteiger partial charge in [-0.05, 0) is 35.4 Å². The van der Waals surface area contributed by atoms with E-state index in [0.717, 1.165) is 33.8 Å². The minimum atomic E-state index is -0.260. The zero-order chi connectivity index (χ0) is 22.6. The third-order valence-corrected chi connectivity index (χ3v) is 5.57. The second kappa shape index (κ2) is 8.97. The van der Waals surface area contributed by atoms with E-state index in [2.05, 4.69) is 9.55 Å². The first-order valence-corrected chi connectivity index (χ1v) is 10.7. The highest BCUT2D eigenvalue weighted by Gasteiger charge is 2.22. The minimum Gasteiger partial charge on any atom is -0.497 e. The van der Waals surface area contributed by atoms with Crippen LogP contribution in [0.3, 0.4) is 0 Å². The van der Waals surface area contributed by atoms with Crippen molar-refractivity contribution in [3.63, 3.8) is 0 Å². The van der Waals surface area contributed by atoms with E-state index in [9.17, 15) is 4.79 Å². The van der Waals surface area contributed by atoms with E-state index in [1.54, 1.807) is 7.11 Å². The molecule has 4 nitrogen and oxygen atoms in total. The maximum absolute atomic E-state index is 13.5. The van der Waals surface area contributed by atoms with Crippen molar-refractivity contribution in [1.29, 1.82) is 0 Å². The van der Waals surface area contributed by atoms with Crippen molar-refractivity contribution in [2.24, 2.45) is 0 Å². The predicted molar refractivity (Wildman–Crippen MR) is 133 cm³/mol. The number of benzene rings is 4. The number of rotatable bonds is 5. The molecule has 1 heterocycles. The average Bonchev–Trinajstić information content (AvgIpc) is 2.89. The summed E-state index contributed by atoms with van der Waals surface area (Å²) in [6.45, 7) is 0. The number of hydrogen-bond donors (Lipinski definition) is 0. The monoisotopic (exact) mass is 430 g/mol. The smallest absolute Gasteiger partial charge is 0.281 e. The molecular weight excluding hydrogens is 408 g/mol.